The molecule has 2 aliphatic carbocycles. The Labute approximate surface area is 104 Å². The monoisotopic (exact) mass is 314 g/mol. The molecule has 0 aromatic heterocycles. The molecule has 0 bridgehead atoms. The van der Waals surface area contributed by atoms with Gasteiger partial charge in [-0.05, 0) is 76.9 Å². The van der Waals surface area contributed by atoms with Crippen molar-refractivity contribution in [3.8, 4) is 5.75 Å². The van der Waals surface area contributed by atoms with Crippen LogP contribution in [0.5, 0.6) is 5.75 Å². The van der Waals surface area contributed by atoms with Gasteiger partial charge < -0.3 is 5.11 Å². The first-order valence-electron chi connectivity index (χ1n) is 5.69. The Morgan fingerprint density at radius 1 is 1.07 bits per heavy atom. The summed E-state index contributed by atoms with van der Waals surface area (Å²) in [4.78, 5) is 0. The Bertz CT molecular complexity index is 372. The molecule has 2 heteroatoms. The molecule has 2 aliphatic rings. The molecule has 1 nitrogen and oxygen atoms in total. The summed E-state index contributed by atoms with van der Waals surface area (Å²) in [7, 11) is 0. The van der Waals surface area contributed by atoms with Gasteiger partial charge in [0.1, 0.15) is 5.75 Å². The van der Waals surface area contributed by atoms with E-state index in [4.69, 9.17) is 0 Å². The average Bonchev–Trinajstić information content (AvgIpc) is 2.82. The topological polar surface area (TPSA) is 20.2 Å². The van der Waals surface area contributed by atoms with Crippen molar-refractivity contribution in [2.45, 2.75) is 38.5 Å². The van der Waals surface area contributed by atoms with Crippen LogP contribution in [-0.2, 0) is 12.8 Å². The zero-order chi connectivity index (χ0) is 10.5. The lowest BCUT2D eigenvalue weighted by Gasteiger charge is -2.21. The van der Waals surface area contributed by atoms with Crippen molar-refractivity contribution in [1.82, 2.24) is 0 Å². The minimum Gasteiger partial charge on any atom is -0.508 e. The lowest BCUT2D eigenvalue weighted by Crippen LogP contribution is -2.15. The maximum atomic E-state index is 9.90. The maximum absolute atomic E-state index is 9.90. The van der Waals surface area contributed by atoms with E-state index in [0.29, 0.717) is 11.2 Å². The number of aromatic hydroxyl groups is 1. The summed E-state index contributed by atoms with van der Waals surface area (Å²) in [6.07, 6.45) is 7.80. The van der Waals surface area contributed by atoms with Gasteiger partial charge in [-0.2, -0.15) is 0 Å². The number of benzene rings is 1. The second-order valence-corrected chi connectivity index (χ2v) is 6.25. The van der Waals surface area contributed by atoms with Crippen LogP contribution in [0.4, 0.5) is 0 Å². The fourth-order valence-corrected chi connectivity index (χ4v) is 4.03. The second-order valence-electron chi connectivity index (χ2n) is 5.08. The summed E-state index contributed by atoms with van der Waals surface area (Å²) in [5.74, 6) is 0.522. The Kier molecular flexibility index (Phi) is 2.23. The van der Waals surface area contributed by atoms with Gasteiger partial charge in [0.05, 0.1) is 0 Å². The van der Waals surface area contributed by atoms with Crippen LogP contribution in [0.25, 0.3) is 0 Å². The van der Waals surface area contributed by atoms with Crippen LogP contribution < -0.4 is 0 Å². The van der Waals surface area contributed by atoms with Crippen LogP contribution >= 0.6 is 22.6 Å². The molecular formula is C13H15IO. The number of halogens is 1. The molecule has 1 saturated carbocycles. The smallest absolute Gasteiger partial charge is 0.119 e. The van der Waals surface area contributed by atoms with Gasteiger partial charge in [-0.1, -0.05) is 12.8 Å². The summed E-state index contributed by atoms with van der Waals surface area (Å²) in [5.41, 5.74) is 3.18. The molecule has 3 rings (SSSR count). The molecule has 0 heterocycles. The molecule has 1 spiro atoms. The van der Waals surface area contributed by atoms with Crippen LogP contribution in [-0.4, -0.2) is 5.11 Å². The van der Waals surface area contributed by atoms with Gasteiger partial charge in [-0.3, -0.25) is 0 Å². The van der Waals surface area contributed by atoms with Gasteiger partial charge in [-0.25, -0.2) is 0 Å². The van der Waals surface area contributed by atoms with Gasteiger partial charge in [0.15, 0.2) is 0 Å². The molecule has 15 heavy (non-hydrogen) atoms. The van der Waals surface area contributed by atoms with Gasteiger partial charge in [0.25, 0.3) is 0 Å². The SMILES string of the molecule is Oc1ccc(I)c2c1CC1(CCCC1)C2. The highest BCUT2D eigenvalue weighted by Crippen LogP contribution is 2.51. The normalized spacial score (nSPS) is 22.2. The minimum atomic E-state index is 0.515. The molecule has 0 saturated heterocycles. The van der Waals surface area contributed by atoms with E-state index >= 15 is 0 Å². The van der Waals surface area contributed by atoms with Gasteiger partial charge in [-0.15, -0.1) is 0 Å². The highest BCUT2D eigenvalue weighted by molar-refractivity contribution is 14.1. The number of hydrogen-bond acceptors (Lipinski definition) is 1. The minimum absolute atomic E-state index is 0.515. The number of phenols is 1. The average molecular weight is 314 g/mol. The Hall–Kier alpha value is -0.250. The third kappa shape index (κ3) is 1.49. The largest absolute Gasteiger partial charge is 0.508 e. The summed E-state index contributed by atoms with van der Waals surface area (Å²) in [6, 6.07) is 3.90. The van der Waals surface area contributed by atoms with E-state index in [-0.39, 0.29) is 0 Å². The zero-order valence-electron chi connectivity index (χ0n) is 8.72. The molecule has 0 unspecified atom stereocenters. The van der Waals surface area contributed by atoms with Crippen LogP contribution in [0.1, 0.15) is 36.8 Å². The van der Waals surface area contributed by atoms with Crippen molar-refractivity contribution >= 4 is 22.6 Å². The predicted octanol–water partition coefficient (Wildman–Crippen LogP) is 3.66. The molecule has 0 radical (unpaired) electrons. The standard InChI is InChI=1S/C13H15IO/c14-11-3-4-12(15)10-8-13(7-9(10)11)5-1-2-6-13/h3-4,15H,1-2,5-8H2. The highest BCUT2D eigenvalue weighted by Gasteiger charge is 2.41. The Morgan fingerprint density at radius 3 is 2.40 bits per heavy atom. The molecular weight excluding hydrogens is 299 g/mol. The first-order chi connectivity index (χ1) is 7.20. The summed E-state index contributed by atoms with van der Waals surface area (Å²) >= 11 is 2.40. The van der Waals surface area contributed by atoms with Crippen molar-refractivity contribution in [2.24, 2.45) is 5.41 Å². The Balaban J connectivity index is 2.05. The van der Waals surface area contributed by atoms with Crippen molar-refractivity contribution in [1.29, 1.82) is 0 Å². The van der Waals surface area contributed by atoms with Crippen LogP contribution in [0, 0.1) is 8.99 Å². The number of hydrogen-bond donors (Lipinski definition) is 1. The molecule has 0 amide bonds. The molecule has 1 fully saturated rings. The predicted molar refractivity (Wildman–Crippen MR) is 69.1 cm³/mol. The third-order valence-electron chi connectivity index (χ3n) is 4.12. The summed E-state index contributed by atoms with van der Waals surface area (Å²) < 4.78 is 1.34. The van der Waals surface area contributed by atoms with E-state index in [1.807, 2.05) is 12.1 Å². The van der Waals surface area contributed by atoms with Gasteiger partial charge >= 0.3 is 0 Å². The quantitative estimate of drug-likeness (QED) is 0.725. The van der Waals surface area contributed by atoms with E-state index in [0.717, 1.165) is 6.42 Å². The fraction of sp³-hybridized carbons (Fsp3) is 0.538. The van der Waals surface area contributed by atoms with Crippen LogP contribution in [0.3, 0.4) is 0 Å². The number of fused-ring (bicyclic) bond motifs is 1. The first-order valence-corrected chi connectivity index (χ1v) is 6.77. The van der Waals surface area contributed by atoms with Crippen LogP contribution in [0.2, 0.25) is 0 Å². The first kappa shape index (κ1) is 9.94. The number of rotatable bonds is 0. The lowest BCUT2D eigenvalue weighted by atomic mass is 9.83. The van der Waals surface area contributed by atoms with E-state index < -0.39 is 0 Å². The molecule has 1 aromatic carbocycles. The molecule has 1 aromatic rings. The summed E-state index contributed by atoms with van der Waals surface area (Å²) in [5, 5.41) is 9.90. The molecule has 0 aliphatic heterocycles. The molecule has 0 atom stereocenters. The van der Waals surface area contributed by atoms with E-state index in [2.05, 4.69) is 22.6 Å². The summed E-state index contributed by atoms with van der Waals surface area (Å²) in [6.45, 7) is 0. The third-order valence-corrected chi connectivity index (χ3v) is 5.13. The Morgan fingerprint density at radius 2 is 1.73 bits per heavy atom. The van der Waals surface area contributed by atoms with E-state index in [1.54, 1.807) is 0 Å². The molecule has 80 valence electrons. The zero-order valence-corrected chi connectivity index (χ0v) is 10.9. The fourth-order valence-electron chi connectivity index (χ4n) is 3.33. The van der Waals surface area contributed by atoms with Crippen molar-refractivity contribution in [3.63, 3.8) is 0 Å². The second kappa shape index (κ2) is 3.37. The molecule has 1 N–H and O–H groups in total. The maximum Gasteiger partial charge on any atom is 0.119 e. The lowest BCUT2D eigenvalue weighted by molar-refractivity contribution is 0.315. The highest BCUT2D eigenvalue weighted by atomic mass is 127. The van der Waals surface area contributed by atoms with Crippen molar-refractivity contribution < 1.29 is 5.11 Å². The van der Waals surface area contributed by atoms with Crippen molar-refractivity contribution in [3.05, 3.63) is 26.8 Å². The van der Waals surface area contributed by atoms with Gasteiger partial charge in [0.2, 0.25) is 0 Å². The van der Waals surface area contributed by atoms with Crippen LogP contribution in [0.15, 0.2) is 12.1 Å². The van der Waals surface area contributed by atoms with Gasteiger partial charge in [0, 0.05) is 3.57 Å². The van der Waals surface area contributed by atoms with E-state index in [1.165, 1.54) is 46.8 Å². The number of phenolic OH excluding ortho intramolecular Hbond substituents is 1. The van der Waals surface area contributed by atoms with Crippen molar-refractivity contribution in [2.75, 3.05) is 0 Å². The van der Waals surface area contributed by atoms with E-state index in [9.17, 15) is 5.11 Å².